The molecule has 3 N–H and O–H groups in total. The lowest BCUT2D eigenvalue weighted by Gasteiger charge is -2.18. The predicted octanol–water partition coefficient (Wildman–Crippen LogP) is 1.69. The number of halogens is 1. The van der Waals surface area contributed by atoms with Gasteiger partial charge in [0, 0.05) is 24.8 Å². The first kappa shape index (κ1) is 15.2. The highest BCUT2D eigenvalue weighted by atomic mass is 35.5. The zero-order valence-electron chi connectivity index (χ0n) is 11.0. The molecule has 1 aliphatic rings. The molecule has 1 saturated heterocycles. The molecule has 18 heavy (non-hydrogen) atoms. The molecule has 0 amide bonds. The molecular formula is C13H22ClN3O. The van der Waals surface area contributed by atoms with Crippen molar-refractivity contribution in [2.45, 2.75) is 32.9 Å². The molecule has 0 aromatic carbocycles. The molecule has 0 saturated carbocycles. The lowest BCUT2D eigenvalue weighted by atomic mass is 10.0. The number of nitrogens with zero attached hydrogens (tertiary/aromatic N) is 2. The van der Waals surface area contributed by atoms with Crippen LogP contribution in [0.5, 0.6) is 5.75 Å². The summed E-state index contributed by atoms with van der Waals surface area (Å²) in [4.78, 5) is 6.70. The SMILES string of the molecule is Cc1ccc(O)c(CN2CCC(C(C)N)C2)n1.Cl. The van der Waals surface area contributed by atoms with E-state index in [1.54, 1.807) is 6.07 Å². The molecule has 2 unspecified atom stereocenters. The fourth-order valence-electron chi connectivity index (χ4n) is 2.37. The Bertz CT molecular complexity index is 398. The summed E-state index contributed by atoms with van der Waals surface area (Å²) in [6.45, 7) is 6.78. The van der Waals surface area contributed by atoms with Crippen LogP contribution in [0.1, 0.15) is 24.7 Å². The van der Waals surface area contributed by atoms with E-state index in [0.717, 1.165) is 37.4 Å². The average molecular weight is 272 g/mol. The standard InChI is InChI=1S/C13H21N3O.ClH/c1-9-3-4-13(17)12(15-9)8-16-6-5-11(7-16)10(2)14;/h3-4,10-11,17H,5-8,14H2,1-2H3;1H. The maximum absolute atomic E-state index is 9.76. The summed E-state index contributed by atoms with van der Waals surface area (Å²) in [5, 5.41) is 9.76. The number of aromatic hydroxyl groups is 1. The van der Waals surface area contributed by atoms with Crippen LogP contribution in [0.3, 0.4) is 0 Å². The molecule has 5 heteroatoms. The predicted molar refractivity (Wildman–Crippen MR) is 74.9 cm³/mol. The third kappa shape index (κ3) is 3.57. The Morgan fingerprint density at radius 3 is 2.89 bits per heavy atom. The highest BCUT2D eigenvalue weighted by molar-refractivity contribution is 5.85. The normalized spacial score (nSPS) is 21.6. The zero-order chi connectivity index (χ0) is 12.4. The van der Waals surface area contributed by atoms with Gasteiger partial charge in [-0.15, -0.1) is 12.4 Å². The number of hydrogen-bond donors (Lipinski definition) is 2. The molecule has 102 valence electrons. The Morgan fingerprint density at radius 2 is 2.28 bits per heavy atom. The molecule has 4 nitrogen and oxygen atoms in total. The minimum Gasteiger partial charge on any atom is -0.506 e. The first-order valence-corrected chi connectivity index (χ1v) is 6.19. The fourth-order valence-corrected chi connectivity index (χ4v) is 2.37. The first-order chi connectivity index (χ1) is 8.06. The van der Waals surface area contributed by atoms with E-state index in [2.05, 4.69) is 16.8 Å². The Labute approximate surface area is 115 Å². The Morgan fingerprint density at radius 1 is 1.56 bits per heavy atom. The molecular weight excluding hydrogens is 250 g/mol. The van der Waals surface area contributed by atoms with Gasteiger partial charge < -0.3 is 10.8 Å². The highest BCUT2D eigenvalue weighted by Crippen LogP contribution is 2.23. The summed E-state index contributed by atoms with van der Waals surface area (Å²) < 4.78 is 0. The molecule has 2 heterocycles. The Kier molecular flexibility index (Phi) is 5.38. The van der Waals surface area contributed by atoms with Crippen LogP contribution >= 0.6 is 12.4 Å². The lowest BCUT2D eigenvalue weighted by Crippen LogP contribution is -2.29. The average Bonchev–Trinajstić information content (AvgIpc) is 2.72. The minimum absolute atomic E-state index is 0. The van der Waals surface area contributed by atoms with Crippen LogP contribution in [-0.2, 0) is 6.54 Å². The van der Waals surface area contributed by atoms with Gasteiger partial charge in [-0.2, -0.15) is 0 Å². The number of nitrogens with two attached hydrogens (primary N) is 1. The van der Waals surface area contributed by atoms with Gasteiger partial charge in [-0.05, 0) is 44.9 Å². The topological polar surface area (TPSA) is 62.4 Å². The van der Waals surface area contributed by atoms with Crippen molar-refractivity contribution in [2.75, 3.05) is 13.1 Å². The summed E-state index contributed by atoms with van der Waals surface area (Å²) in [6.07, 6.45) is 1.14. The maximum Gasteiger partial charge on any atom is 0.138 e. The fraction of sp³-hybridized carbons (Fsp3) is 0.615. The van der Waals surface area contributed by atoms with Gasteiger partial charge in [-0.3, -0.25) is 9.88 Å². The van der Waals surface area contributed by atoms with Crippen molar-refractivity contribution in [1.29, 1.82) is 0 Å². The van der Waals surface area contributed by atoms with Gasteiger partial charge in [-0.25, -0.2) is 0 Å². The zero-order valence-corrected chi connectivity index (χ0v) is 11.8. The van der Waals surface area contributed by atoms with E-state index in [-0.39, 0.29) is 18.4 Å². The van der Waals surface area contributed by atoms with E-state index in [9.17, 15) is 5.11 Å². The summed E-state index contributed by atoms with van der Waals surface area (Å²) in [5.74, 6) is 0.863. The van der Waals surface area contributed by atoms with Crippen molar-refractivity contribution in [1.82, 2.24) is 9.88 Å². The second-order valence-corrected chi connectivity index (χ2v) is 5.06. The minimum atomic E-state index is 0. The molecule has 1 aromatic heterocycles. The largest absolute Gasteiger partial charge is 0.506 e. The summed E-state index contributed by atoms with van der Waals surface area (Å²) in [7, 11) is 0. The number of aromatic nitrogens is 1. The van der Waals surface area contributed by atoms with Crippen LogP contribution in [0.15, 0.2) is 12.1 Å². The summed E-state index contributed by atoms with van der Waals surface area (Å²) in [6, 6.07) is 3.80. The molecule has 1 fully saturated rings. The molecule has 0 spiro atoms. The Hall–Kier alpha value is -0.840. The number of rotatable bonds is 3. The molecule has 0 bridgehead atoms. The van der Waals surface area contributed by atoms with Crippen molar-refractivity contribution in [3.05, 3.63) is 23.5 Å². The van der Waals surface area contributed by atoms with E-state index >= 15 is 0 Å². The van der Waals surface area contributed by atoms with Gasteiger partial charge in [0.1, 0.15) is 5.75 Å². The van der Waals surface area contributed by atoms with Gasteiger partial charge in [0.25, 0.3) is 0 Å². The third-order valence-corrected chi connectivity index (χ3v) is 3.52. The van der Waals surface area contributed by atoms with E-state index in [4.69, 9.17) is 5.73 Å². The molecule has 2 atom stereocenters. The van der Waals surface area contributed by atoms with Gasteiger partial charge in [0.05, 0.1) is 5.69 Å². The number of pyridine rings is 1. The van der Waals surface area contributed by atoms with Gasteiger partial charge >= 0.3 is 0 Å². The summed E-state index contributed by atoms with van der Waals surface area (Å²) >= 11 is 0. The van der Waals surface area contributed by atoms with E-state index in [0.29, 0.717) is 11.7 Å². The molecule has 2 rings (SSSR count). The quantitative estimate of drug-likeness (QED) is 0.878. The highest BCUT2D eigenvalue weighted by Gasteiger charge is 2.25. The van der Waals surface area contributed by atoms with Crippen molar-refractivity contribution >= 4 is 12.4 Å². The smallest absolute Gasteiger partial charge is 0.138 e. The first-order valence-electron chi connectivity index (χ1n) is 6.19. The molecule has 0 aliphatic carbocycles. The summed E-state index contributed by atoms with van der Waals surface area (Å²) in [5.41, 5.74) is 7.63. The van der Waals surface area contributed by atoms with Crippen molar-refractivity contribution in [2.24, 2.45) is 11.7 Å². The van der Waals surface area contributed by atoms with Crippen molar-refractivity contribution in [3.8, 4) is 5.75 Å². The number of likely N-dealkylation sites (tertiary alicyclic amines) is 1. The van der Waals surface area contributed by atoms with Crippen LogP contribution in [-0.4, -0.2) is 34.1 Å². The van der Waals surface area contributed by atoms with Gasteiger partial charge in [-0.1, -0.05) is 0 Å². The van der Waals surface area contributed by atoms with Crippen molar-refractivity contribution < 1.29 is 5.11 Å². The lowest BCUT2D eigenvalue weighted by molar-refractivity contribution is 0.299. The van der Waals surface area contributed by atoms with E-state index in [1.165, 1.54) is 0 Å². The van der Waals surface area contributed by atoms with E-state index in [1.807, 2.05) is 13.0 Å². The van der Waals surface area contributed by atoms with Crippen LogP contribution in [0.25, 0.3) is 0 Å². The van der Waals surface area contributed by atoms with Crippen LogP contribution < -0.4 is 5.73 Å². The van der Waals surface area contributed by atoms with Crippen LogP contribution in [0, 0.1) is 12.8 Å². The van der Waals surface area contributed by atoms with Crippen molar-refractivity contribution in [3.63, 3.8) is 0 Å². The molecule has 1 aliphatic heterocycles. The van der Waals surface area contributed by atoms with Gasteiger partial charge in [0.2, 0.25) is 0 Å². The second-order valence-electron chi connectivity index (χ2n) is 5.06. The maximum atomic E-state index is 9.76. The van der Waals surface area contributed by atoms with Crippen LogP contribution in [0.2, 0.25) is 0 Å². The number of hydrogen-bond acceptors (Lipinski definition) is 4. The number of aryl methyl sites for hydroxylation is 1. The monoisotopic (exact) mass is 271 g/mol. The second kappa shape index (κ2) is 6.36. The Balaban J connectivity index is 0.00000162. The van der Waals surface area contributed by atoms with Gasteiger partial charge in [0.15, 0.2) is 0 Å². The molecule has 0 radical (unpaired) electrons. The van der Waals surface area contributed by atoms with Crippen LogP contribution in [0.4, 0.5) is 0 Å². The van der Waals surface area contributed by atoms with E-state index < -0.39 is 0 Å². The molecule has 1 aromatic rings. The third-order valence-electron chi connectivity index (χ3n) is 3.52.